The molecule has 0 radical (unpaired) electrons. The van der Waals surface area contributed by atoms with Crippen LogP contribution in [0.2, 0.25) is 0 Å². The SMILES string of the molecule is CCC[C@H](NC(=O)OCC1c2ccccc2-c2ccccc21)C(=O)Nc1ccc(O)c(C(=O)O)c1. The average Bonchev–Trinajstić information content (AvgIpc) is 3.17. The van der Waals surface area contributed by atoms with Gasteiger partial charge in [-0.3, -0.25) is 4.79 Å². The van der Waals surface area contributed by atoms with E-state index in [0.717, 1.165) is 28.3 Å². The Morgan fingerprint density at radius 3 is 2.20 bits per heavy atom. The lowest BCUT2D eigenvalue weighted by molar-refractivity contribution is -0.118. The molecule has 2 amide bonds. The van der Waals surface area contributed by atoms with Gasteiger partial charge < -0.3 is 25.6 Å². The third-order valence-electron chi connectivity index (χ3n) is 6.02. The second-order valence-corrected chi connectivity index (χ2v) is 8.34. The molecule has 0 fully saturated rings. The van der Waals surface area contributed by atoms with Crippen molar-refractivity contribution in [2.24, 2.45) is 0 Å². The molecule has 3 aromatic rings. The van der Waals surface area contributed by atoms with Gasteiger partial charge in [0.25, 0.3) is 0 Å². The Hall–Kier alpha value is -4.33. The largest absolute Gasteiger partial charge is 0.507 e. The fourth-order valence-electron chi connectivity index (χ4n) is 4.35. The van der Waals surface area contributed by atoms with Gasteiger partial charge in [-0.25, -0.2) is 9.59 Å². The van der Waals surface area contributed by atoms with E-state index in [2.05, 4.69) is 22.8 Å². The summed E-state index contributed by atoms with van der Waals surface area (Å²) in [5.41, 5.74) is 4.28. The van der Waals surface area contributed by atoms with Crippen molar-refractivity contribution in [3.63, 3.8) is 0 Å². The van der Waals surface area contributed by atoms with Crippen LogP contribution in [-0.4, -0.2) is 40.8 Å². The molecule has 0 heterocycles. The number of fused-ring (bicyclic) bond motifs is 3. The predicted octanol–water partition coefficient (Wildman–Crippen LogP) is 4.74. The first-order chi connectivity index (χ1) is 16.9. The third kappa shape index (κ3) is 5.11. The summed E-state index contributed by atoms with van der Waals surface area (Å²) in [5, 5.41) is 24.0. The normalized spacial score (nSPS) is 12.8. The van der Waals surface area contributed by atoms with E-state index < -0.39 is 29.8 Å². The van der Waals surface area contributed by atoms with Crippen molar-refractivity contribution in [2.45, 2.75) is 31.7 Å². The Bertz CT molecular complexity index is 1230. The molecule has 0 bridgehead atoms. The van der Waals surface area contributed by atoms with Crippen LogP contribution in [0.1, 0.15) is 47.2 Å². The highest BCUT2D eigenvalue weighted by Gasteiger charge is 2.29. The number of ether oxygens (including phenoxy) is 1. The van der Waals surface area contributed by atoms with Gasteiger partial charge in [0.15, 0.2) is 0 Å². The Balaban J connectivity index is 1.41. The third-order valence-corrected chi connectivity index (χ3v) is 6.02. The van der Waals surface area contributed by atoms with Crippen molar-refractivity contribution in [3.05, 3.63) is 83.4 Å². The summed E-state index contributed by atoms with van der Waals surface area (Å²) in [4.78, 5) is 36.7. The quantitative estimate of drug-likeness (QED) is 0.350. The smallest absolute Gasteiger partial charge is 0.407 e. The zero-order valence-electron chi connectivity index (χ0n) is 19.2. The number of carbonyl (C=O) groups excluding carboxylic acids is 2. The van der Waals surface area contributed by atoms with Gasteiger partial charge in [-0.1, -0.05) is 61.9 Å². The molecule has 1 aliphatic rings. The molecular formula is C27H26N2O6. The zero-order valence-corrected chi connectivity index (χ0v) is 19.2. The number of carbonyl (C=O) groups is 3. The number of aromatic carboxylic acids is 1. The molecular weight excluding hydrogens is 448 g/mol. The van der Waals surface area contributed by atoms with E-state index in [9.17, 15) is 19.5 Å². The number of aromatic hydroxyl groups is 1. The molecule has 3 aromatic carbocycles. The van der Waals surface area contributed by atoms with Crippen LogP contribution in [0.3, 0.4) is 0 Å². The van der Waals surface area contributed by atoms with Gasteiger partial charge in [-0.05, 0) is 46.9 Å². The highest BCUT2D eigenvalue weighted by atomic mass is 16.5. The Morgan fingerprint density at radius 1 is 0.971 bits per heavy atom. The fraction of sp³-hybridized carbons (Fsp3) is 0.222. The molecule has 4 rings (SSSR count). The second kappa shape index (κ2) is 10.3. The van der Waals surface area contributed by atoms with Crippen LogP contribution in [0.15, 0.2) is 66.7 Å². The van der Waals surface area contributed by atoms with E-state index in [1.807, 2.05) is 43.3 Å². The second-order valence-electron chi connectivity index (χ2n) is 8.34. The molecule has 0 spiro atoms. The number of hydrogen-bond acceptors (Lipinski definition) is 5. The Kier molecular flexibility index (Phi) is 7.01. The zero-order chi connectivity index (χ0) is 24.9. The van der Waals surface area contributed by atoms with Gasteiger partial charge in [-0.15, -0.1) is 0 Å². The Labute approximate surface area is 202 Å². The number of alkyl carbamates (subject to hydrolysis) is 1. The van der Waals surface area contributed by atoms with Crippen LogP contribution >= 0.6 is 0 Å². The van der Waals surface area contributed by atoms with E-state index in [4.69, 9.17) is 9.84 Å². The first kappa shape index (κ1) is 23.8. The van der Waals surface area contributed by atoms with Crippen LogP contribution in [0.4, 0.5) is 10.5 Å². The van der Waals surface area contributed by atoms with Crippen molar-refractivity contribution in [1.29, 1.82) is 0 Å². The molecule has 0 unspecified atom stereocenters. The van der Waals surface area contributed by atoms with E-state index in [1.54, 1.807) is 0 Å². The van der Waals surface area contributed by atoms with Crippen LogP contribution in [0.5, 0.6) is 5.75 Å². The van der Waals surface area contributed by atoms with E-state index >= 15 is 0 Å². The van der Waals surface area contributed by atoms with E-state index in [0.29, 0.717) is 12.8 Å². The monoisotopic (exact) mass is 474 g/mol. The lowest BCUT2D eigenvalue weighted by atomic mass is 9.98. The maximum absolute atomic E-state index is 12.8. The summed E-state index contributed by atoms with van der Waals surface area (Å²) in [6.07, 6.45) is 0.273. The summed E-state index contributed by atoms with van der Waals surface area (Å²) < 4.78 is 5.54. The topological polar surface area (TPSA) is 125 Å². The lowest BCUT2D eigenvalue weighted by Crippen LogP contribution is -2.44. The Morgan fingerprint density at radius 2 is 1.60 bits per heavy atom. The molecule has 8 heteroatoms. The first-order valence-electron chi connectivity index (χ1n) is 11.4. The number of amides is 2. The molecule has 4 N–H and O–H groups in total. The molecule has 0 aliphatic heterocycles. The minimum atomic E-state index is -1.32. The molecule has 8 nitrogen and oxygen atoms in total. The van der Waals surface area contributed by atoms with Gasteiger partial charge in [0.2, 0.25) is 5.91 Å². The number of benzene rings is 3. The molecule has 0 saturated carbocycles. The van der Waals surface area contributed by atoms with Crippen molar-refractivity contribution in [3.8, 4) is 16.9 Å². The van der Waals surface area contributed by atoms with Crippen LogP contribution in [0.25, 0.3) is 11.1 Å². The standard InChI is InChI=1S/C27H26N2O6/c1-2-7-23(25(31)28-16-12-13-24(30)21(14-16)26(32)33)29-27(34)35-15-22-19-10-5-3-8-17(19)18-9-4-6-11-20(18)22/h3-6,8-14,22-23,30H,2,7,15H2,1H3,(H,28,31)(H,29,34)(H,32,33)/t23-/m0/s1. The van der Waals surface area contributed by atoms with Crippen molar-refractivity contribution in [1.82, 2.24) is 5.32 Å². The molecule has 1 atom stereocenters. The first-order valence-corrected chi connectivity index (χ1v) is 11.4. The molecule has 35 heavy (non-hydrogen) atoms. The summed E-state index contributed by atoms with van der Waals surface area (Å²) in [7, 11) is 0. The van der Waals surface area contributed by atoms with Gasteiger partial charge >= 0.3 is 12.1 Å². The maximum atomic E-state index is 12.8. The van der Waals surface area contributed by atoms with Gasteiger partial charge in [0.05, 0.1) is 0 Å². The van der Waals surface area contributed by atoms with Crippen molar-refractivity contribution >= 4 is 23.7 Å². The van der Waals surface area contributed by atoms with Gasteiger partial charge in [0, 0.05) is 11.6 Å². The number of nitrogens with one attached hydrogen (secondary N) is 2. The predicted molar refractivity (Wildman–Crippen MR) is 131 cm³/mol. The minimum Gasteiger partial charge on any atom is -0.507 e. The van der Waals surface area contributed by atoms with Crippen LogP contribution in [-0.2, 0) is 9.53 Å². The summed E-state index contributed by atoms with van der Waals surface area (Å²) in [6, 6.07) is 18.9. The van der Waals surface area contributed by atoms with Crippen molar-refractivity contribution in [2.75, 3.05) is 11.9 Å². The number of phenols is 1. The number of anilines is 1. The number of hydrogen-bond donors (Lipinski definition) is 4. The van der Waals surface area contributed by atoms with Crippen molar-refractivity contribution < 1.29 is 29.3 Å². The highest BCUT2D eigenvalue weighted by molar-refractivity contribution is 5.98. The van der Waals surface area contributed by atoms with Crippen LogP contribution < -0.4 is 10.6 Å². The van der Waals surface area contributed by atoms with Gasteiger partial charge in [0.1, 0.15) is 24.0 Å². The van der Waals surface area contributed by atoms with Crippen LogP contribution in [0, 0.1) is 0 Å². The number of carboxylic acids is 1. The molecule has 180 valence electrons. The fourth-order valence-corrected chi connectivity index (χ4v) is 4.35. The molecule has 0 aromatic heterocycles. The summed E-state index contributed by atoms with van der Waals surface area (Å²) >= 11 is 0. The average molecular weight is 475 g/mol. The highest BCUT2D eigenvalue weighted by Crippen LogP contribution is 2.44. The van der Waals surface area contributed by atoms with E-state index in [-0.39, 0.29) is 23.8 Å². The molecule has 1 aliphatic carbocycles. The summed E-state index contributed by atoms with van der Waals surface area (Å²) in [5.74, 6) is -2.33. The number of carboxylic acid groups (broad SMARTS) is 1. The minimum absolute atomic E-state index is 0.0990. The maximum Gasteiger partial charge on any atom is 0.407 e. The summed E-state index contributed by atoms with van der Waals surface area (Å²) in [6.45, 7) is 2.00. The molecule has 0 saturated heterocycles. The lowest BCUT2D eigenvalue weighted by Gasteiger charge is -2.19. The van der Waals surface area contributed by atoms with Gasteiger partial charge in [-0.2, -0.15) is 0 Å². The van der Waals surface area contributed by atoms with E-state index in [1.165, 1.54) is 12.1 Å². The number of rotatable bonds is 8.